The highest BCUT2D eigenvalue weighted by Gasteiger charge is 2.20. The van der Waals surface area contributed by atoms with Crippen LogP contribution in [0.15, 0.2) is 12.1 Å². The summed E-state index contributed by atoms with van der Waals surface area (Å²) in [6, 6.07) is 4.00. The largest absolute Gasteiger partial charge is 0.383 e. The van der Waals surface area contributed by atoms with Gasteiger partial charge in [-0.25, -0.2) is 4.79 Å². The zero-order valence-electron chi connectivity index (χ0n) is 11.6. The second-order valence-corrected chi connectivity index (χ2v) is 6.49. The number of methoxy groups -OCH3 is 1. The molecule has 0 radical (unpaired) electrons. The van der Waals surface area contributed by atoms with Gasteiger partial charge in [-0.05, 0) is 12.1 Å². The summed E-state index contributed by atoms with van der Waals surface area (Å²) in [6.45, 7) is 5.33. The van der Waals surface area contributed by atoms with Gasteiger partial charge in [0.25, 0.3) is 0 Å². The first-order valence-electron chi connectivity index (χ1n) is 6.67. The Morgan fingerprint density at radius 1 is 1.40 bits per heavy atom. The molecule has 7 heteroatoms. The van der Waals surface area contributed by atoms with Crippen molar-refractivity contribution in [3.05, 3.63) is 21.3 Å². The van der Waals surface area contributed by atoms with Crippen LogP contribution >= 0.6 is 22.9 Å². The quantitative estimate of drug-likeness (QED) is 0.843. The van der Waals surface area contributed by atoms with Crippen molar-refractivity contribution in [3.8, 4) is 0 Å². The van der Waals surface area contributed by atoms with E-state index < -0.39 is 0 Å². The number of nitrogens with one attached hydrogen (secondary N) is 1. The van der Waals surface area contributed by atoms with E-state index in [0.29, 0.717) is 13.2 Å². The number of hydrogen-bond donors (Lipinski definition) is 1. The minimum absolute atomic E-state index is 0.000804. The SMILES string of the molecule is COCCNC(=O)N1CCN(Cc2ccc(Cl)s2)CC1. The van der Waals surface area contributed by atoms with Gasteiger partial charge >= 0.3 is 6.03 Å². The Kier molecular flexibility index (Phi) is 6.09. The van der Waals surface area contributed by atoms with Gasteiger partial charge in [-0.15, -0.1) is 11.3 Å². The first-order valence-corrected chi connectivity index (χ1v) is 7.87. The zero-order valence-corrected chi connectivity index (χ0v) is 13.2. The molecule has 0 aliphatic carbocycles. The van der Waals surface area contributed by atoms with Gasteiger partial charge in [-0.3, -0.25) is 4.90 Å². The third-order valence-electron chi connectivity index (χ3n) is 3.25. The van der Waals surface area contributed by atoms with Gasteiger partial charge in [0, 0.05) is 51.3 Å². The topological polar surface area (TPSA) is 44.8 Å². The van der Waals surface area contributed by atoms with E-state index >= 15 is 0 Å². The van der Waals surface area contributed by atoms with Crippen molar-refractivity contribution in [2.24, 2.45) is 0 Å². The molecule has 0 atom stereocenters. The lowest BCUT2D eigenvalue weighted by molar-refractivity contribution is 0.133. The number of halogens is 1. The molecular formula is C13H20ClN3O2S. The summed E-state index contributed by atoms with van der Waals surface area (Å²) in [4.78, 5) is 17.3. The first-order chi connectivity index (χ1) is 9.69. The zero-order chi connectivity index (χ0) is 14.4. The molecule has 2 rings (SSSR count). The summed E-state index contributed by atoms with van der Waals surface area (Å²) in [6.07, 6.45) is 0. The van der Waals surface area contributed by atoms with Crippen LogP contribution in [-0.2, 0) is 11.3 Å². The molecule has 1 aromatic heterocycles. The predicted molar refractivity (Wildman–Crippen MR) is 81.5 cm³/mol. The third-order valence-corrected chi connectivity index (χ3v) is 4.47. The van der Waals surface area contributed by atoms with Gasteiger partial charge in [0.05, 0.1) is 10.9 Å². The number of hydrogen-bond acceptors (Lipinski definition) is 4. The van der Waals surface area contributed by atoms with Crippen LogP contribution in [0.1, 0.15) is 4.88 Å². The van der Waals surface area contributed by atoms with Gasteiger partial charge in [-0.1, -0.05) is 11.6 Å². The van der Waals surface area contributed by atoms with Crippen LogP contribution in [-0.4, -0.2) is 62.3 Å². The molecule has 1 N–H and O–H groups in total. The van der Waals surface area contributed by atoms with Crippen LogP contribution in [0, 0.1) is 0 Å². The smallest absolute Gasteiger partial charge is 0.317 e. The highest BCUT2D eigenvalue weighted by molar-refractivity contribution is 7.16. The minimum atomic E-state index is 0.000804. The predicted octanol–water partition coefficient (Wildman–Crippen LogP) is 1.88. The fourth-order valence-electron chi connectivity index (χ4n) is 2.14. The number of ether oxygens (including phenoxy) is 1. The van der Waals surface area contributed by atoms with Gasteiger partial charge in [0.15, 0.2) is 0 Å². The Hall–Kier alpha value is -0.820. The second-order valence-electron chi connectivity index (χ2n) is 4.69. The van der Waals surface area contributed by atoms with Crippen molar-refractivity contribution >= 4 is 29.0 Å². The summed E-state index contributed by atoms with van der Waals surface area (Å²) in [7, 11) is 1.63. The molecule has 1 aromatic rings. The molecule has 112 valence electrons. The average molecular weight is 318 g/mol. The molecule has 0 spiro atoms. The summed E-state index contributed by atoms with van der Waals surface area (Å²) < 4.78 is 5.74. The lowest BCUT2D eigenvalue weighted by Crippen LogP contribution is -2.51. The normalized spacial score (nSPS) is 16.4. The molecule has 0 unspecified atom stereocenters. The molecule has 2 heterocycles. The minimum Gasteiger partial charge on any atom is -0.383 e. The van der Waals surface area contributed by atoms with Crippen molar-refractivity contribution in [2.75, 3.05) is 46.4 Å². The number of nitrogens with zero attached hydrogens (tertiary/aromatic N) is 2. The Labute approximate surface area is 128 Å². The molecule has 0 saturated carbocycles. The van der Waals surface area contributed by atoms with E-state index in [1.54, 1.807) is 18.4 Å². The summed E-state index contributed by atoms with van der Waals surface area (Å²) in [5.74, 6) is 0. The maximum atomic E-state index is 11.9. The van der Waals surface area contributed by atoms with Gasteiger partial charge in [-0.2, -0.15) is 0 Å². The van der Waals surface area contributed by atoms with Crippen molar-refractivity contribution in [1.29, 1.82) is 0 Å². The first kappa shape index (κ1) is 15.6. The molecule has 5 nitrogen and oxygen atoms in total. The van der Waals surface area contributed by atoms with E-state index in [1.165, 1.54) is 4.88 Å². The fraction of sp³-hybridized carbons (Fsp3) is 0.615. The molecular weight excluding hydrogens is 298 g/mol. The van der Waals surface area contributed by atoms with E-state index in [4.69, 9.17) is 16.3 Å². The maximum Gasteiger partial charge on any atom is 0.317 e. The molecule has 20 heavy (non-hydrogen) atoms. The molecule has 1 aliphatic rings. The molecule has 2 amide bonds. The fourth-order valence-corrected chi connectivity index (χ4v) is 3.27. The van der Waals surface area contributed by atoms with Gasteiger partial charge in [0.1, 0.15) is 0 Å². The average Bonchev–Trinajstić information content (AvgIpc) is 2.85. The molecule has 1 fully saturated rings. The standard InChI is InChI=1S/C13H20ClN3O2S/c1-19-9-4-15-13(18)17-7-5-16(6-8-17)10-11-2-3-12(14)20-11/h2-3H,4-10H2,1H3,(H,15,18). The third kappa shape index (κ3) is 4.63. The Morgan fingerprint density at radius 2 is 2.15 bits per heavy atom. The Morgan fingerprint density at radius 3 is 2.75 bits per heavy atom. The second kappa shape index (κ2) is 7.83. The lowest BCUT2D eigenvalue weighted by Gasteiger charge is -2.34. The maximum absolute atomic E-state index is 11.9. The van der Waals surface area contributed by atoms with Gasteiger partial charge < -0.3 is 15.0 Å². The molecule has 0 aromatic carbocycles. The van der Waals surface area contributed by atoms with Crippen LogP contribution in [0.4, 0.5) is 4.79 Å². The molecule has 1 saturated heterocycles. The van der Waals surface area contributed by atoms with E-state index in [2.05, 4.69) is 16.3 Å². The van der Waals surface area contributed by atoms with Crippen molar-refractivity contribution in [3.63, 3.8) is 0 Å². The van der Waals surface area contributed by atoms with Crippen molar-refractivity contribution in [1.82, 2.24) is 15.1 Å². The van der Waals surface area contributed by atoms with Crippen molar-refractivity contribution < 1.29 is 9.53 Å². The summed E-state index contributed by atoms with van der Waals surface area (Å²) in [5.41, 5.74) is 0. The number of piperazine rings is 1. The van der Waals surface area contributed by atoms with Crippen LogP contribution in [0.5, 0.6) is 0 Å². The van der Waals surface area contributed by atoms with E-state index in [9.17, 15) is 4.79 Å². The number of amides is 2. The molecule has 0 bridgehead atoms. The van der Waals surface area contributed by atoms with Crippen LogP contribution in [0.25, 0.3) is 0 Å². The highest BCUT2D eigenvalue weighted by Crippen LogP contribution is 2.23. The van der Waals surface area contributed by atoms with Crippen LogP contribution in [0.3, 0.4) is 0 Å². The monoisotopic (exact) mass is 317 g/mol. The number of urea groups is 1. The van der Waals surface area contributed by atoms with E-state index in [1.807, 2.05) is 11.0 Å². The number of carbonyl (C=O) groups is 1. The number of thiophene rings is 1. The number of carbonyl (C=O) groups excluding carboxylic acids is 1. The Bertz CT molecular complexity index is 433. The van der Waals surface area contributed by atoms with E-state index in [0.717, 1.165) is 37.1 Å². The van der Waals surface area contributed by atoms with Crippen molar-refractivity contribution in [2.45, 2.75) is 6.54 Å². The van der Waals surface area contributed by atoms with E-state index in [-0.39, 0.29) is 6.03 Å². The van der Waals surface area contributed by atoms with Gasteiger partial charge in [0.2, 0.25) is 0 Å². The van der Waals surface area contributed by atoms with Crippen LogP contribution < -0.4 is 5.32 Å². The summed E-state index contributed by atoms with van der Waals surface area (Å²) >= 11 is 7.55. The number of rotatable bonds is 5. The lowest BCUT2D eigenvalue weighted by atomic mass is 10.3. The van der Waals surface area contributed by atoms with Crippen LogP contribution in [0.2, 0.25) is 4.34 Å². The Balaban J connectivity index is 1.70. The highest BCUT2D eigenvalue weighted by atomic mass is 35.5. The molecule has 1 aliphatic heterocycles. The summed E-state index contributed by atoms with van der Waals surface area (Å²) in [5, 5.41) is 2.85.